The monoisotopic (exact) mass is 251 g/mol. The number of Topliss-reactive ketones (excluding diaryl/α,β-unsaturated/α-hetero) is 1. The normalized spacial score (nSPS) is 19.2. The molecular weight excluding hydrogens is 238 g/mol. The van der Waals surface area contributed by atoms with Gasteiger partial charge in [-0.15, -0.1) is 0 Å². The first-order valence-electron chi connectivity index (χ1n) is 5.46. The van der Waals surface area contributed by atoms with Crippen LogP contribution in [0.1, 0.15) is 22.3 Å². The molecule has 0 saturated carbocycles. The Morgan fingerprint density at radius 1 is 1.53 bits per heavy atom. The first-order valence-corrected chi connectivity index (χ1v) is 6.62. The zero-order valence-electron chi connectivity index (χ0n) is 9.51. The van der Waals surface area contributed by atoms with Crippen molar-refractivity contribution in [1.29, 1.82) is 0 Å². The summed E-state index contributed by atoms with van der Waals surface area (Å²) in [4.78, 5) is 22.5. The highest BCUT2D eigenvalue weighted by atomic mass is 32.2. The lowest BCUT2D eigenvalue weighted by atomic mass is 9.96. The number of carbonyl (C=O) groups is 1. The van der Waals surface area contributed by atoms with Gasteiger partial charge < -0.3 is 0 Å². The summed E-state index contributed by atoms with van der Waals surface area (Å²) >= 11 is 1.76. The van der Waals surface area contributed by atoms with Gasteiger partial charge in [0.25, 0.3) is 5.69 Å². The number of nitrogens with zero attached hydrogens (tertiary/aromatic N) is 1. The number of aryl methyl sites for hydroxylation is 1. The fourth-order valence-corrected chi connectivity index (χ4v) is 3.16. The number of ketones is 1. The molecule has 1 aromatic rings. The Balaban J connectivity index is 2.29. The minimum absolute atomic E-state index is 0.0292. The number of benzene rings is 1. The molecule has 1 aliphatic heterocycles. The van der Waals surface area contributed by atoms with Gasteiger partial charge >= 0.3 is 0 Å². The van der Waals surface area contributed by atoms with Crippen molar-refractivity contribution in [3.8, 4) is 0 Å². The largest absolute Gasteiger partial charge is 0.294 e. The molecule has 1 fully saturated rings. The van der Waals surface area contributed by atoms with Crippen LogP contribution in [0, 0.1) is 23.0 Å². The molecule has 2 rings (SSSR count). The Bertz CT molecular complexity index is 467. The van der Waals surface area contributed by atoms with Crippen molar-refractivity contribution in [2.45, 2.75) is 13.3 Å². The Morgan fingerprint density at radius 2 is 2.29 bits per heavy atom. The van der Waals surface area contributed by atoms with Gasteiger partial charge in [-0.25, -0.2) is 0 Å². The summed E-state index contributed by atoms with van der Waals surface area (Å²) in [6.45, 7) is 1.68. The van der Waals surface area contributed by atoms with Gasteiger partial charge in [0.15, 0.2) is 5.78 Å². The van der Waals surface area contributed by atoms with Gasteiger partial charge in [-0.05, 0) is 19.1 Å². The molecule has 1 saturated heterocycles. The van der Waals surface area contributed by atoms with Crippen LogP contribution in [-0.2, 0) is 0 Å². The van der Waals surface area contributed by atoms with E-state index < -0.39 is 4.92 Å². The van der Waals surface area contributed by atoms with Gasteiger partial charge in [0.1, 0.15) is 0 Å². The molecule has 4 nitrogen and oxygen atoms in total. The quantitative estimate of drug-likeness (QED) is 0.471. The van der Waals surface area contributed by atoms with E-state index in [0.717, 1.165) is 17.9 Å². The summed E-state index contributed by atoms with van der Waals surface area (Å²) in [7, 11) is 0. The maximum Gasteiger partial charge on any atom is 0.273 e. The predicted octanol–water partition coefficient (Wildman–Crippen LogP) is 2.84. The first-order chi connectivity index (χ1) is 8.09. The SMILES string of the molecule is Cc1ccc(C(=O)C2CCSC2)cc1[N+](=O)[O-]. The Labute approximate surface area is 104 Å². The van der Waals surface area contributed by atoms with Crippen LogP contribution in [0.15, 0.2) is 18.2 Å². The van der Waals surface area contributed by atoms with Gasteiger partial charge in [0.2, 0.25) is 0 Å². The molecule has 5 heteroatoms. The maximum absolute atomic E-state index is 12.1. The molecule has 0 spiro atoms. The van der Waals surface area contributed by atoms with Gasteiger partial charge in [-0.2, -0.15) is 11.8 Å². The van der Waals surface area contributed by atoms with Crippen LogP contribution >= 0.6 is 11.8 Å². The topological polar surface area (TPSA) is 60.2 Å². The molecule has 17 heavy (non-hydrogen) atoms. The van der Waals surface area contributed by atoms with Crippen molar-refractivity contribution < 1.29 is 9.72 Å². The van der Waals surface area contributed by atoms with Crippen LogP contribution in [0.2, 0.25) is 0 Å². The highest BCUT2D eigenvalue weighted by molar-refractivity contribution is 7.99. The minimum Gasteiger partial charge on any atom is -0.294 e. The molecule has 0 aromatic heterocycles. The van der Waals surface area contributed by atoms with Crippen LogP contribution in [0.4, 0.5) is 5.69 Å². The summed E-state index contributed by atoms with van der Waals surface area (Å²) in [5, 5.41) is 10.8. The second kappa shape index (κ2) is 4.87. The Morgan fingerprint density at radius 3 is 2.88 bits per heavy atom. The van der Waals surface area contributed by atoms with Gasteiger partial charge in [-0.3, -0.25) is 14.9 Å². The molecule has 1 aromatic carbocycles. The van der Waals surface area contributed by atoms with Gasteiger partial charge in [0.05, 0.1) is 4.92 Å². The molecule has 90 valence electrons. The van der Waals surface area contributed by atoms with Crippen molar-refractivity contribution >= 4 is 23.2 Å². The number of carbonyl (C=O) groups excluding carboxylic acids is 1. The first kappa shape index (κ1) is 12.1. The van der Waals surface area contributed by atoms with E-state index in [1.807, 2.05) is 0 Å². The number of hydrogen-bond acceptors (Lipinski definition) is 4. The third-order valence-electron chi connectivity index (χ3n) is 2.99. The van der Waals surface area contributed by atoms with Gasteiger partial charge in [0, 0.05) is 28.9 Å². The number of thioether (sulfide) groups is 1. The lowest BCUT2D eigenvalue weighted by Crippen LogP contribution is -2.14. The van der Waals surface area contributed by atoms with Gasteiger partial charge in [-0.1, -0.05) is 12.1 Å². The fraction of sp³-hybridized carbons (Fsp3) is 0.417. The van der Waals surface area contributed by atoms with Crippen LogP contribution in [0.25, 0.3) is 0 Å². The maximum atomic E-state index is 12.1. The van der Waals surface area contributed by atoms with Crippen molar-refractivity contribution in [3.63, 3.8) is 0 Å². The highest BCUT2D eigenvalue weighted by Crippen LogP contribution is 2.28. The van der Waals surface area contributed by atoms with Crippen molar-refractivity contribution in [2.75, 3.05) is 11.5 Å². The van der Waals surface area contributed by atoms with E-state index in [0.29, 0.717) is 11.1 Å². The fourth-order valence-electron chi connectivity index (χ4n) is 1.94. The second-order valence-corrected chi connectivity index (χ2v) is 5.33. The van der Waals surface area contributed by atoms with Crippen molar-refractivity contribution in [3.05, 3.63) is 39.4 Å². The highest BCUT2D eigenvalue weighted by Gasteiger charge is 2.25. The molecule has 0 amide bonds. The molecule has 1 aliphatic rings. The lowest BCUT2D eigenvalue weighted by Gasteiger charge is -2.07. The number of nitro benzene ring substituents is 1. The summed E-state index contributed by atoms with van der Waals surface area (Å²) in [5.41, 5.74) is 1.09. The zero-order chi connectivity index (χ0) is 12.4. The summed E-state index contributed by atoms with van der Waals surface area (Å²) in [6.07, 6.45) is 0.880. The van der Waals surface area contributed by atoms with Crippen molar-refractivity contribution in [2.24, 2.45) is 5.92 Å². The van der Waals surface area contributed by atoms with E-state index >= 15 is 0 Å². The lowest BCUT2D eigenvalue weighted by molar-refractivity contribution is -0.385. The zero-order valence-corrected chi connectivity index (χ0v) is 10.3. The Hall–Kier alpha value is -1.36. The average Bonchev–Trinajstić information content (AvgIpc) is 2.81. The van der Waals surface area contributed by atoms with Crippen LogP contribution in [0.5, 0.6) is 0 Å². The van der Waals surface area contributed by atoms with Crippen molar-refractivity contribution in [1.82, 2.24) is 0 Å². The molecule has 0 aliphatic carbocycles. The number of hydrogen-bond donors (Lipinski definition) is 0. The molecule has 0 radical (unpaired) electrons. The van der Waals surface area contributed by atoms with Crippen LogP contribution in [-0.4, -0.2) is 22.2 Å². The molecule has 1 atom stereocenters. The minimum atomic E-state index is -0.435. The standard InChI is InChI=1S/C12H13NO3S/c1-8-2-3-9(6-11(8)13(15)16)12(14)10-4-5-17-7-10/h2-3,6,10H,4-5,7H2,1H3. The predicted molar refractivity (Wildman–Crippen MR) is 67.6 cm³/mol. The summed E-state index contributed by atoms with van der Waals surface area (Å²) < 4.78 is 0. The molecule has 0 N–H and O–H groups in total. The smallest absolute Gasteiger partial charge is 0.273 e. The molecular formula is C12H13NO3S. The van der Waals surface area contributed by atoms with E-state index in [1.165, 1.54) is 6.07 Å². The molecule has 0 bridgehead atoms. The van der Waals surface area contributed by atoms with Crippen LogP contribution < -0.4 is 0 Å². The molecule has 1 heterocycles. The van der Waals surface area contributed by atoms with E-state index in [4.69, 9.17) is 0 Å². The third-order valence-corrected chi connectivity index (χ3v) is 4.15. The summed E-state index contributed by atoms with van der Waals surface area (Å²) in [5.74, 6) is 1.91. The number of nitro groups is 1. The van der Waals surface area contributed by atoms with E-state index in [2.05, 4.69) is 0 Å². The molecule has 1 unspecified atom stereocenters. The summed E-state index contributed by atoms with van der Waals surface area (Å²) in [6, 6.07) is 4.74. The Kier molecular flexibility index (Phi) is 3.47. The number of rotatable bonds is 3. The van der Waals surface area contributed by atoms with E-state index in [-0.39, 0.29) is 17.4 Å². The van der Waals surface area contributed by atoms with E-state index in [1.54, 1.807) is 30.8 Å². The van der Waals surface area contributed by atoms with Crippen LogP contribution in [0.3, 0.4) is 0 Å². The second-order valence-electron chi connectivity index (χ2n) is 4.18. The van der Waals surface area contributed by atoms with E-state index in [9.17, 15) is 14.9 Å². The third kappa shape index (κ3) is 2.49. The average molecular weight is 251 g/mol.